The number of carbonyl (C=O) groups is 2. The summed E-state index contributed by atoms with van der Waals surface area (Å²) >= 11 is 0. The zero-order chi connectivity index (χ0) is 21.7. The number of rotatable bonds is 7. The van der Waals surface area contributed by atoms with Crippen molar-refractivity contribution in [1.29, 1.82) is 0 Å². The van der Waals surface area contributed by atoms with Gasteiger partial charge in [-0.3, -0.25) is 9.59 Å². The van der Waals surface area contributed by atoms with Crippen molar-refractivity contribution in [2.75, 3.05) is 6.54 Å². The number of primary amides is 1. The predicted molar refractivity (Wildman–Crippen MR) is 111 cm³/mol. The van der Waals surface area contributed by atoms with Gasteiger partial charge in [0.05, 0.1) is 5.56 Å². The molecule has 0 fully saturated rings. The average Bonchev–Trinajstić information content (AvgIpc) is 2.75. The zero-order valence-electron chi connectivity index (χ0n) is 16.1. The molecule has 3 aromatic rings. The number of benzene rings is 3. The molecule has 3 rings (SSSR count). The van der Waals surface area contributed by atoms with Crippen molar-refractivity contribution in [3.8, 4) is 11.5 Å². The molecule has 0 aromatic heterocycles. The van der Waals surface area contributed by atoms with Crippen LogP contribution < -0.4 is 11.1 Å². The van der Waals surface area contributed by atoms with Crippen molar-refractivity contribution in [1.82, 2.24) is 5.32 Å². The largest absolute Gasteiger partial charge is 0.508 e. The maximum Gasteiger partial charge on any atom is 0.261 e. The fraction of sp³-hybridized carbons (Fsp3) is 0.130. The average molecular weight is 406 g/mol. The molecule has 154 valence electrons. The van der Waals surface area contributed by atoms with Gasteiger partial charge in [-0.15, -0.1) is 0 Å². The van der Waals surface area contributed by atoms with Crippen LogP contribution in [-0.2, 0) is 16.8 Å². The van der Waals surface area contributed by atoms with E-state index in [-0.39, 0.29) is 35.6 Å². The second-order valence-electron chi connectivity index (χ2n) is 6.78. The number of aliphatic hydroxyl groups is 1. The maximum absolute atomic E-state index is 13.1. The molecule has 0 aliphatic carbocycles. The third-order valence-corrected chi connectivity index (χ3v) is 4.88. The number of hydrogen-bond donors (Lipinski definition) is 5. The standard InChI is InChI=1S/C23H22N2O5/c24-21(28)17-10-6-7-15(20(17)27)13-14-25-22(29)23(30,16-8-2-1-3-9-16)18-11-4-5-12-19(18)26/h1-12,26-27,30H,13-14H2,(H2,24,28)(H,25,29). The highest BCUT2D eigenvalue weighted by molar-refractivity contribution is 5.96. The molecule has 0 bridgehead atoms. The van der Waals surface area contributed by atoms with Crippen molar-refractivity contribution in [2.45, 2.75) is 12.0 Å². The molecule has 0 aliphatic rings. The highest BCUT2D eigenvalue weighted by Gasteiger charge is 2.41. The smallest absolute Gasteiger partial charge is 0.261 e. The van der Waals surface area contributed by atoms with Crippen LogP contribution in [0, 0.1) is 0 Å². The Morgan fingerprint density at radius 3 is 2.23 bits per heavy atom. The second-order valence-corrected chi connectivity index (χ2v) is 6.78. The van der Waals surface area contributed by atoms with E-state index in [1.165, 1.54) is 18.2 Å². The minimum Gasteiger partial charge on any atom is -0.508 e. The van der Waals surface area contributed by atoms with Gasteiger partial charge in [-0.1, -0.05) is 60.7 Å². The minimum absolute atomic E-state index is 0.00572. The number of aromatic hydroxyl groups is 2. The molecule has 0 saturated heterocycles. The molecule has 6 N–H and O–H groups in total. The predicted octanol–water partition coefficient (Wildman–Crippen LogP) is 1.79. The summed E-state index contributed by atoms with van der Waals surface area (Å²) in [7, 11) is 0. The summed E-state index contributed by atoms with van der Waals surface area (Å²) in [4.78, 5) is 24.4. The maximum atomic E-state index is 13.1. The van der Waals surface area contributed by atoms with Gasteiger partial charge in [-0.25, -0.2) is 0 Å². The van der Waals surface area contributed by atoms with Crippen molar-refractivity contribution >= 4 is 11.8 Å². The zero-order valence-corrected chi connectivity index (χ0v) is 16.1. The van der Waals surface area contributed by atoms with E-state index in [4.69, 9.17) is 5.73 Å². The fourth-order valence-corrected chi connectivity index (χ4v) is 3.30. The Bertz CT molecular complexity index is 1070. The molecule has 1 atom stereocenters. The molecule has 7 nitrogen and oxygen atoms in total. The van der Waals surface area contributed by atoms with Gasteiger partial charge in [0.15, 0.2) is 5.60 Å². The highest BCUT2D eigenvalue weighted by Crippen LogP contribution is 2.35. The molecule has 0 aliphatic heterocycles. The number of phenols is 2. The van der Waals surface area contributed by atoms with Crippen LogP contribution in [0.1, 0.15) is 27.0 Å². The number of para-hydroxylation sites is 2. The van der Waals surface area contributed by atoms with Crippen LogP contribution in [-0.4, -0.2) is 33.7 Å². The quantitative estimate of drug-likeness (QED) is 0.408. The Hall–Kier alpha value is -3.84. The summed E-state index contributed by atoms with van der Waals surface area (Å²) in [6.45, 7) is 0.0668. The first-order chi connectivity index (χ1) is 14.4. The van der Waals surface area contributed by atoms with Crippen LogP contribution in [0.25, 0.3) is 0 Å². The number of nitrogens with one attached hydrogen (secondary N) is 1. The fourth-order valence-electron chi connectivity index (χ4n) is 3.30. The van der Waals surface area contributed by atoms with Crippen LogP contribution in [0.5, 0.6) is 11.5 Å². The summed E-state index contributed by atoms with van der Waals surface area (Å²) in [5, 5.41) is 34.5. The van der Waals surface area contributed by atoms with E-state index >= 15 is 0 Å². The van der Waals surface area contributed by atoms with Gasteiger partial charge in [0.2, 0.25) is 0 Å². The van der Waals surface area contributed by atoms with Crippen LogP contribution in [0.2, 0.25) is 0 Å². The molecule has 7 heteroatoms. The SMILES string of the molecule is NC(=O)c1cccc(CCNC(=O)C(O)(c2ccccc2)c2ccccc2O)c1O. The lowest BCUT2D eigenvalue weighted by Gasteiger charge is -2.28. The third-order valence-electron chi connectivity index (χ3n) is 4.88. The van der Waals surface area contributed by atoms with E-state index in [1.807, 2.05) is 0 Å². The van der Waals surface area contributed by atoms with Gasteiger partial charge in [-0.05, 0) is 29.7 Å². The second kappa shape index (κ2) is 8.67. The van der Waals surface area contributed by atoms with Crippen molar-refractivity contribution in [3.05, 3.63) is 95.1 Å². The van der Waals surface area contributed by atoms with E-state index in [2.05, 4.69) is 5.32 Å². The summed E-state index contributed by atoms with van der Waals surface area (Å²) in [6, 6.07) is 19.0. The number of phenolic OH excluding ortho intramolecular Hbond substituents is 1. The Morgan fingerprint density at radius 2 is 1.57 bits per heavy atom. The van der Waals surface area contributed by atoms with E-state index < -0.39 is 17.4 Å². The number of hydrogen-bond acceptors (Lipinski definition) is 5. The molecule has 3 aromatic carbocycles. The number of carbonyl (C=O) groups excluding carboxylic acids is 2. The lowest BCUT2D eigenvalue weighted by atomic mass is 9.84. The number of nitrogens with two attached hydrogens (primary N) is 1. The van der Waals surface area contributed by atoms with E-state index in [0.717, 1.165) is 0 Å². The molecule has 0 heterocycles. The van der Waals surface area contributed by atoms with Crippen LogP contribution in [0.3, 0.4) is 0 Å². The third kappa shape index (κ3) is 3.97. The van der Waals surface area contributed by atoms with Crippen molar-refractivity contribution in [2.24, 2.45) is 5.73 Å². The lowest BCUT2D eigenvalue weighted by molar-refractivity contribution is -0.136. The Morgan fingerprint density at radius 1 is 0.900 bits per heavy atom. The Balaban J connectivity index is 1.85. The molecular weight excluding hydrogens is 384 g/mol. The molecule has 0 spiro atoms. The topological polar surface area (TPSA) is 133 Å². The molecule has 0 saturated carbocycles. The molecule has 0 radical (unpaired) electrons. The number of amides is 2. The van der Waals surface area contributed by atoms with Crippen molar-refractivity contribution < 1.29 is 24.9 Å². The summed E-state index contributed by atoms with van der Waals surface area (Å²) in [6.07, 6.45) is 0.199. The highest BCUT2D eigenvalue weighted by atomic mass is 16.3. The van der Waals surface area contributed by atoms with E-state index in [1.54, 1.807) is 54.6 Å². The minimum atomic E-state index is -2.12. The Labute approximate surface area is 173 Å². The van der Waals surface area contributed by atoms with Gasteiger partial charge in [0, 0.05) is 12.1 Å². The molecule has 1 unspecified atom stereocenters. The molecule has 2 amide bonds. The summed E-state index contributed by atoms with van der Waals surface area (Å²) in [5.74, 6) is -1.94. The van der Waals surface area contributed by atoms with Gasteiger partial charge in [0.25, 0.3) is 11.8 Å². The lowest BCUT2D eigenvalue weighted by Crippen LogP contribution is -2.46. The summed E-state index contributed by atoms with van der Waals surface area (Å²) in [5.41, 5.74) is 3.88. The first kappa shape index (κ1) is 20.9. The van der Waals surface area contributed by atoms with Gasteiger partial charge >= 0.3 is 0 Å². The van der Waals surface area contributed by atoms with Gasteiger partial charge in [-0.2, -0.15) is 0 Å². The van der Waals surface area contributed by atoms with E-state index in [9.17, 15) is 24.9 Å². The van der Waals surface area contributed by atoms with Crippen LogP contribution >= 0.6 is 0 Å². The molecule has 30 heavy (non-hydrogen) atoms. The van der Waals surface area contributed by atoms with Gasteiger partial charge in [0.1, 0.15) is 11.5 Å². The van der Waals surface area contributed by atoms with Crippen molar-refractivity contribution in [3.63, 3.8) is 0 Å². The van der Waals surface area contributed by atoms with Crippen LogP contribution in [0.4, 0.5) is 0 Å². The van der Waals surface area contributed by atoms with E-state index in [0.29, 0.717) is 11.1 Å². The first-order valence-corrected chi connectivity index (χ1v) is 9.31. The van der Waals surface area contributed by atoms with Gasteiger partial charge < -0.3 is 26.4 Å². The normalized spacial score (nSPS) is 12.7. The first-order valence-electron chi connectivity index (χ1n) is 9.31. The molecular formula is C23H22N2O5. The monoisotopic (exact) mass is 406 g/mol. The summed E-state index contributed by atoms with van der Waals surface area (Å²) < 4.78 is 0. The van der Waals surface area contributed by atoms with Crippen LogP contribution in [0.15, 0.2) is 72.8 Å². The Kier molecular flexibility index (Phi) is 6.03.